The van der Waals surface area contributed by atoms with Gasteiger partial charge >= 0.3 is 0 Å². The van der Waals surface area contributed by atoms with E-state index in [1.807, 2.05) is 6.20 Å². The summed E-state index contributed by atoms with van der Waals surface area (Å²) in [6.45, 7) is 5.62. The SMILES string of the molecule is CCCNC(c1cncc(OC)c1)C1CCCC(CC)C1. The van der Waals surface area contributed by atoms with Crippen molar-refractivity contribution in [2.45, 2.75) is 58.4 Å². The molecule has 0 saturated heterocycles. The van der Waals surface area contributed by atoms with E-state index in [9.17, 15) is 0 Å². The first-order chi connectivity index (χ1) is 10.3. The summed E-state index contributed by atoms with van der Waals surface area (Å²) in [6.07, 6.45) is 11.7. The fourth-order valence-electron chi connectivity index (χ4n) is 3.58. The lowest BCUT2D eigenvalue weighted by Crippen LogP contribution is -2.32. The Hall–Kier alpha value is -1.09. The Morgan fingerprint density at radius 2 is 2.19 bits per heavy atom. The zero-order valence-corrected chi connectivity index (χ0v) is 13.8. The first-order valence-electron chi connectivity index (χ1n) is 8.50. The van der Waals surface area contributed by atoms with E-state index in [0.717, 1.165) is 30.6 Å². The average molecular weight is 290 g/mol. The van der Waals surface area contributed by atoms with Gasteiger partial charge in [-0.15, -0.1) is 0 Å². The summed E-state index contributed by atoms with van der Waals surface area (Å²) >= 11 is 0. The van der Waals surface area contributed by atoms with Gasteiger partial charge in [-0.3, -0.25) is 4.98 Å². The standard InChI is InChI=1S/C18H30N2O/c1-4-9-20-18(15-8-6-7-14(5-2)10-15)16-11-17(21-3)13-19-12-16/h11-15,18,20H,4-10H2,1-3H3. The van der Waals surface area contributed by atoms with Gasteiger partial charge in [0.1, 0.15) is 5.75 Å². The Labute approximate surface area is 129 Å². The van der Waals surface area contributed by atoms with Crippen LogP contribution in [0.4, 0.5) is 0 Å². The molecule has 3 heteroatoms. The van der Waals surface area contributed by atoms with Gasteiger partial charge in [-0.2, -0.15) is 0 Å². The summed E-state index contributed by atoms with van der Waals surface area (Å²) in [5, 5.41) is 3.76. The topological polar surface area (TPSA) is 34.2 Å². The van der Waals surface area contributed by atoms with Crippen molar-refractivity contribution >= 4 is 0 Å². The second-order valence-electron chi connectivity index (χ2n) is 6.29. The highest BCUT2D eigenvalue weighted by molar-refractivity contribution is 5.26. The van der Waals surface area contributed by atoms with Gasteiger partial charge in [0.2, 0.25) is 0 Å². The molecule has 0 bridgehead atoms. The Bertz CT molecular complexity index is 421. The van der Waals surface area contributed by atoms with Crippen LogP contribution in [0.1, 0.15) is 64.0 Å². The molecule has 0 aromatic carbocycles. The first kappa shape index (κ1) is 16.3. The highest BCUT2D eigenvalue weighted by atomic mass is 16.5. The van der Waals surface area contributed by atoms with Gasteiger partial charge < -0.3 is 10.1 Å². The van der Waals surface area contributed by atoms with E-state index >= 15 is 0 Å². The first-order valence-corrected chi connectivity index (χ1v) is 8.50. The van der Waals surface area contributed by atoms with E-state index in [1.54, 1.807) is 13.3 Å². The Morgan fingerprint density at radius 1 is 1.33 bits per heavy atom. The van der Waals surface area contributed by atoms with Crippen LogP contribution in [0.15, 0.2) is 18.5 Å². The van der Waals surface area contributed by atoms with Gasteiger partial charge in [-0.25, -0.2) is 0 Å². The van der Waals surface area contributed by atoms with Crippen LogP contribution in [0.5, 0.6) is 5.75 Å². The van der Waals surface area contributed by atoms with E-state index < -0.39 is 0 Å². The lowest BCUT2D eigenvalue weighted by atomic mass is 9.75. The quantitative estimate of drug-likeness (QED) is 0.810. The maximum absolute atomic E-state index is 5.35. The van der Waals surface area contributed by atoms with Crippen molar-refractivity contribution in [1.29, 1.82) is 0 Å². The molecule has 118 valence electrons. The van der Waals surface area contributed by atoms with E-state index in [1.165, 1.54) is 37.7 Å². The molecule has 0 aliphatic heterocycles. The number of pyridine rings is 1. The minimum atomic E-state index is 0.418. The van der Waals surface area contributed by atoms with E-state index in [2.05, 4.69) is 30.2 Å². The molecule has 1 aromatic heterocycles. The molecule has 1 aliphatic carbocycles. The predicted molar refractivity (Wildman–Crippen MR) is 87.6 cm³/mol. The van der Waals surface area contributed by atoms with Crippen LogP contribution in [0.3, 0.4) is 0 Å². The molecule has 1 N–H and O–H groups in total. The Balaban J connectivity index is 2.16. The average Bonchev–Trinajstić information content (AvgIpc) is 2.55. The second-order valence-corrected chi connectivity index (χ2v) is 6.29. The number of aromatic nitrogens is 1. The van der Waals surface area contributed by atoms with Crippen molar-refractivity contribution < 1.29 is 4.74 Å². The van der Waals surface area contributed by atoms with Crippen LogP contribution in [-0.2, 0) is 0 Å². The number of nitrogens with zero attached hydrogens (tertiary/aromatic N) is 1. The minimum absolute atomic E-state index is 0.418. The predicted octanol–water partition coefficient (Wildman–Crippen LogP) is 4.35. The van der Waals surface area contributed by atoms with Gasteiger partial charge in [0.05, 0.1) is 13.3 Å². The molecule has 0 amide bonds. The van der Waals surface area contributed by atoms with E-state index in [0.29, 0.717) is 6.04 Å². The smallest absolute Gasteiger partial charge is 0.137 e. The van der Waals surface area contributed by atoms with Gasteiger partial charge in [-0.1, -0.05) is 33.1 Å². The summed E-state index contributed by atoms with van der Waals surface area (Å²) in [5.74, 6) is 2.48. The molecule has 3 nitrogen and oxygen atoms in total. The van der Waals surface area contributed by atoms with Crippen LogP contribution >= 0.6 is 0 Å². The zero-order chi connectivity index (χ0) is 15.1. The van der Waals surface area contributed by atoms with Crippen molar-refractivity contribution in [1.82, 2.24) is 10.3 Å². The van der Waals surface area contributed by atoms with Crippen molar-refractivity contribution in [3.63, 3.8) is 0 Å². The zero-order valence-electron chi connectivity index (χ0n) is 13.8. The molecule has 3 unspecified atom stereocenters. The summed E-state index contributed by atoms with van der Waals surface area (Å²) in [6, 6.07) is 2.57. The number of rotatable bonds is 7. The van der Waals surface area contributed by atoms with Crippen LogP contribution < -0.4 is 10.1 Å². The van der Waals surface area contributed by atoms with Crippen molar-refractivity contribution in [2.24, 2.45) is 11.8 Å². The Morgan fingerprint density at radius 3 is 2.90 bits per heavy atom. The monoisotopic (exact) mass is 290 g/mol. The molecule has 1 saturated carbocycles. The molecule has 21 heavy (non-hydrogen) atoms. The summed E-state index contributed by atoms with van der Waals surface area (Å²) in [7, 11) is 1.71. The van der Waals surface area contributed by atoms with Crippen LogP contribution in [0.25, 0.3) is 0 Å². The molecule has 1 aliphatic rings. The lowest BCUT2D eigenvalue weighted by molar-refractivity contribution is 0.209. The normalized spacial score (nSPS) is 23.8. The molecule has 2 rings (SSSR count). The number of hydrogen-bond acceptors (Lipinski definition) is 3. The van der Waals surface area contributed by atoms with Crippen molar-refractivity contribution in [3.05, 3.63) is 24.0 Å². The molecular formula is C18H30N2O. The largest absolute Gasteiger partial charge is 0.495 e. The molecule has 1 fully saturated rings. The van der Waals surface area contributed by atoms with E-state index in [4.69, 9.17) is 4.74 Å². The number of methoxy groups -OCH3 is 1. The molecule has 1 aromatic rings. The number of ether oxygens (including phenoxy) is 1. The molecule has 3 atom stereocenters. The second kappa shape index (κ2) is 8.38. The summed E-state index contributed by atoms with van der Waals surface area (Å²) in [4.78, 5) is 4.35. The highest BCUT2D eigenvalue weighted by Gasteiger charge is 2.28. The minimum Gasteiger partial charge on any atom is -0.495 e. The Kier molecular flexibility index (Phi) is 6.50. The fourth-order valence-corrected chi connectivity index (χ4v) is 3.58. The van der Waals surface area contributed by atoms with Gasteiger partial charge in [-0.05, 0) is 49.3 Å². The molecular weight excluding hydrogens is 260 g/mol. The van der Waals surface area contributed by atoms with Crippen LogP contribution in [0, 0.1) is 11.8 Å². The summed E-state index contributed by atoms with van der Waals surface area (Å²) < 4.78 is 5.35. The third-order valence-electron chi connectivity index (χ3n) is 4.82. The van der Waals surface area contributed by atoms with Gasteiger partial charge in [0, 0.05) is 12.2 Å². The fraction of sp³-hybridized carbons (Fsp3) is 0.722. The van der Waals surface area contributed by atoms with Gasteiger partial charge in [0.15, 0.2) is 0 Å². The maximum Gasteiger partial charge on any atom is 0.137 e. The van der Waals surface area contributed by atoms with Gasteiger partial charge in [0.25, 0.3) is 0 Å². The number of nitrogens with one attached hydrogen (secondary N) is 1. The number of hydrogen-bond donors (Lipinski definition) is 1. The van der Waals surface area contributed by atoms with Crippen LogP contribution in [0.2, 0.25) is 0 Å². The van der Waals surface area contributed by atoms with Crippen molar-refractivity contribution in [3.8, 4) is 5.75 Å². The molecule has 0 radical (unpaired) electrons. The van der Waals surface area contributed by atoms with Crippen LogP contribution in [-0.4, -0.2) is 18.6 Å². The van der Waals surface area contributed by atoms with Crippen molar-refractivity contribution in [2.75, 3.05) is 13.7 Å². The lowest BCUT2D eigenvalue weighted by Gasteiger charge is -2.35. The third kappa shape index (κ3) is 4.44. The highest BCUT2D eigenvalue weighted by Crippen LogP contribution is 2.38. The summed E-state index contributed by atoms with van der Waals surface area (Å²) in [5.41, 5.74) is 1.28. The molecule has 0 spiro atoms. The maximum atomic E-state index is 5.35. The third-order valence-corrected chi connectivity index (χ3v) is 4.82. The molecule has 1 heterocycles. The van der Waals surface area contributed by atoms with E-state index in [-0.39, 0.29) is 0 Å².